The summed E-state index contributed by atoms with van der Waals surface area (Å²) < 4.78 is 5.17. The number of hydrogen-bond donors (Lipinski definition) is 3. The van der Waals surface area contributed by atoms with Gasteiger partial charge in [0, 0.05) is 26.7 Å². The number of hydrogen-bond acceptors (Lipinski definition) is 3. The summed E-state index contributed by atoms with van der Waals surface area (Å²) in [4.78, 5) is 15.7. The molecule has 1 aromatic rings. The van der Waals surface area contributed by atoms with Crippen LogP contribution < -0.4 is 16.0 Å². The van der Waals surface area contributed by atoms with Gasteiger partial charge in [0.25, 0.3) is 0 Å². The van der Waals surface area contributed by atoms with E-state index in [1.165, 1.54) is 11.1 Å². The molecule has 0 aliphatic rings. The number of benzene rings is 1. The zero-order valence-electron chi connectivity index (χ0n) is 15.4. The second kappa shape index (κ2) is 9.80. The molecule has 1 aromatic carbocycles. The summed E-state index contributed by atoms with van der Waals surface area (Å²) in [5, 5.41) is 9.11. The van der Waals surface area contributed by atoms with Crippen LogP contribution in [0, 0.1) is 6.92 Å². The number of rotatable bonds is 6. The molecule has 6 nitrogen and oxygen atoms in total. The number of aryl methyl sites for hydroxylation is 1. The SMILES string of the molecule is CN=C(NCCNC(=O)OC(C)(C)C)NCCc1cccc(C)c1. The molecule has 0 fully saturated rings. The lowest BCUT2D eigenvalue weighted by molar-refractivity contribution is 0.0529. The van der Waals surface area contributed by atoms with E-state index >= 15 is 0 Å². The predicted molar refractivity (Wildman–Crippen MR) is 98.5 cm³/mol. The van der Waals surface area contributed by atoms with Crippen molar-refractivity contribution in [1.82, 2.24) is 16.0 Å². The van der Waals surface area contributed by atoms with Gasteiger partial charge in [-0.1, -0.05) is 29.8 Å². The first-order valence-corrected chi connectivity index (χ1v) is 8.27. The molecule has 0 aromatic heterocycles. The summed E-state index contributed by atoms with van der Waals surface area (Å²) in [7, 11) is 1.73. The molecule has 0 bridgehead atoms. The fourth-order valence-electron chi connectivity index (χ4n) is 2.07. The molecule has 134 valence electrons. The predicted octanol–water partition coefficient (Wildman–Crippen LogP) is 2.23. The fourth-order valence-corrected chi connectivity index (χ4v) is 2.07. The minimum Gasteiger partial charge on any atom is -0.444 e. The van der Waals surface area contributed by atoms with Gasteiger partial charge in [0.1, 0.15) is 5.60 Å². The van der Waals surface area contributed by atoms with E-state index in [9.17, 15) is 4.79 Å². The Kier molecular flexibility index (Phi) is 8.09. The van der Waals surface area contributed by atoms with Gasteiger partial charge in [0.05, 0.1) is 0 Å². The van der Waals surface area contributed by atoms with Crippen molar-refractivity contribution < 1.29 is 9.53 Å². The van der Waals surface area contributed by atoms with Gasteiger partial charge < -0.3 is 20.7 Å². The van der Waals surface area contributed by atoms with Gasteiger partial charge in [0.2, 0.25) is 0 Å². The van der Waals surface area contributed by atoms with E-state index in [0.717, 1.165) is 13.0 Å². The molecule has 0 radical (unpaired) electrons. The summed E-state index contributed by atoms with van der Waals surface area (Å²) in [5.74, 6) is 0.716. The lowest BCUT2D eigenvalue weighted by atomic mass is 10.1. The number of ether oxygens (including phenoxy) is 1. The maximum atomic E-state index is 11.5. The van der Waals surface area contributed by atoms with E-state index in [2.05, 4.69) is 52.1 Å². The van der Waals surface area contributed by atoms with E-state index in [1.807, 2.05) is 20.8 Å². The van der Waals surface area contributed by atoms with Crippen LogP contribution in [0.1, 0.15) is 31.9 Å². The number of nitrogens with zero attached hydrogens (tertiary/aromatic N) is 1. The molecule has 6 heteroatoms. The summed E-state index contributed by atoms with van der Waals surface area (Å²) >= 11 is 0. The van der Waals surface area contributed by atoms with Crippen molar-refractivity contribution in [1.29, 1.82) is 0 Å². The molecule has 0 heterocycles. The number of aliphatic imine (C=N–C) groups is 1. The quantitative estimate of drug-likeness (QED) is 0.424. The van der Waals surface area contributed by atoms with Crippen molar-refractivity contribution in [2.45, 2.75) is 39.7 Å². The van der Waals surface area contributed by atoms with Gasteiger partial charge in [-0.3, -0.25) is 4.99 Å². The van der Waals surface area contributed by atoms with Crippen LogP contribution >= 0.6 is 0 Å². The van der Waals surface area contributed by atoms with Crippen molar-refractivity contribution in [2.24, 2.45) is 4.99 Å². The number of alkyl carbamates (subject to hydrolysis) is 1. The Balaban J connectivity index is 2.20. The summed E-state index contributed by atoms with van der Waals surface area (Å²) in [6.45, 7) is 9.44. The highest BCUT2D eigenvalue weighted by atomic mass is 16.6. The van der Waals surface area contributed by atoms with Crippen LogP contribution in [0.2, 0.25) is 0 Å². The Morgan fingerprint density at radius 3 is 2.42 bits per heavy atom. The van der Waals surface area contributed by atoms with Crippen molar-refractivity contribution in [3.63, 3.8) is 0 Å². The third kappa shape index (κ3) is 9.02. The first-order valence-electron chi connectivity index (χ1n) is 8.27. The van der Waals surface area contributed by atoms with Crippen LogP contribution in [0.15, 0.2) is 29.3 Å². The van der Waals surface area contributed by atoms with Crippen LogP contribution in [0.4, 0.5) is 4.79 Å². The topological polar surface area (TPSA) is 74.8 Å². The normalized spacial score (nSPS) is 11.8. The highest BCUT2D eigenvalue weighted by Crippen LogP contribution is 2.06. The maximum Gasteiger partial charge on any atom is 0.407 e. The molecule has 0 spiro atoms. The molecule has 0 saturated heterocycles. The molecule has 0 unspecified atom stereocenters. The number of carbonyl (C=O) groups excluding carboxylic acids is 1. The van der Waals surface area contributed by atoms with Gasteiger partial charge in [-0.15, -0.1) is 0 Å². The van der Waals surface area contributed by atoms with Gasteiger partial charge >= 0.3 is 6.09 Å². The number of amides is 1. The summed E-state index contributed by atoms with van der Waals surface area (Å²) in [5.41, 5.74) is 2.08. The summed E-state index contributed by atoms with van der Waals surface area (Å²) in [6.07, 6.45) is 0.519. The second-order valence-electron chi connectivity index (χ2n) is 6.59. The van der Waals surface area contributed by atoms with Gasteiger partial charge in [-0.2, -0.15) is 0 Å². The molecule has 0 aliphatic heterocycles. The molecule has 1 amide bonds. The smallest absolute Gasteiger partial charge is 0.407 e. The van der Waals surface area contributed by atoms with Crippen molar-refractivity contribution in [3.05, 3.63) is 35.4 Å². The number of guanidine groups is 1. The lowest BCUT2D eigenvalue weighted by Gasteiger charge is -2.19. The second-order valence-corrected chi connectivity index (χ2v) is 6.59. The monoisotopic (exact) mass is 334 g/mol. The first kappa shape index (κ1) is 19.8. The Morgan fingerprint density at radius 2 is 1.79 bits per heavy atom. The molecule has 0 aliphatic carbocycles. The lowest BCUT2D eigenvalue weighted by Crippen LogP contribution is -2.42. The number of carbonyl (C=O) groups is 1. The largest absolute Gasteiger partial charge is 0.444 e. The van der Waals surface area contributed by atoms with Crippen LogP contribution in [0.5, 0.6) is 0 Å². The van der Waals surface area contributed by atoms with E-state index in [1.54, 1.807) is 7.05 Å². The van der Waals surface area contributed by atoms with E-state index in [0.29, 0.717) is 19.0 Å². The Morgan fingerprint density at radius 1 is 1.12 bits per heavy atom. The van der Waals surface area contributed by atoms with Crippen LogP contribution in [0.25, 0.3) is 0 Å². The minimum atomic E-state index is -0.481. The van der Waals surface area contributed by atoms with Crippen LogP contribution in [-0.2, 0) is 11.2 Å². The number of nitrogens with one attached hydrogen (secondary N) is 3. The van der Waals surface area contributed by atoms with Crippen LogP contribution in [-0.4, -0.2) is 44.3 Å². The van der Waals surface area contributed by atoms with Gasteiger partial charge in [-0.25, -0.2) is 4.79 Å². The summed E-state index contributed by atoms with van der Waals surface area (Å²) in [6, 6.07) is 8.47. The average Bonchev–Trinajstić information content (AvgIpc) is 2.48. The zero-order chi connectivity index (χ0) is 18.0. The third-order valence-electron chi connectivity index (χ3n) is 3.10. The standard InChI is InChI=1S/C18H30N4O2/c1-14-7-6-8-15(13-14)9-10-20-16(19-5)21-11-12-22-17(23)24-18(2,3)4/h6-8,13H,9-12H2,1-5H3,(H,22,23)(H2,19,20,21). The van der Waals surface area contributed by atoms with Crippen molar-refractivity contribution in [2.75, 3.05) is 26.7 Å². The molecule has 0 atom stereocenters. The van der Waals surface area contributed by atoms with E-state index < -0.39 is 11.7 Å². The fraction of sp³-hybridized carbons (Fsp3) is 0.556. The zero-order valence-corrected chi connectivity index (χ0v) is 15.4. The molecular formula is C18H30N4O2. The average molecular weight is 334 g/mol. The Hall–Kier alpha value is -2.24. The van der Waals surface area contributed by atoms with Crippen molar-refractivity contribution >= 4 is 12.1 Å². The van der Waals surface area contributed by atoms with Gasteiger partial charge in [-0.05, 0) is 39.7 Å². The van der Waals surface area contributed by atoms with Crippen LogP contribution in [0.3, 0.4) is 0 Å². The minimum absolute atomic E-state index is 0.410. The molecule has 1 rings (SSSR count). The Labute approximate surface area is 145 Å². The molecule has 24 heavy (non-hydrogen) atoms. The van der Waals surface area contributed by atoms with Gasteiger partial charge in [0.15, 0.2) is 5.96 Å². The Bertz CT molecular complexity index is 550. The first-order chi connectivity index (χ1) is 11.3. The van der Waals surface area contributed by atoms with E-state index in [-0.39, 0.29) is 0 Å². The highest BCUT2D eigenvalue weighted by molar-refractivity contribution is 5.79. The maximum absolute atomic E-state index is 11.5. The third-order valence-corrected chi connectivity index (χ3v) is 3.10. The van der Waals surface area contributed by atoms with Crippen molar-refractivity contribution in [3.8, 4) is 0 Å². The molecular weight excluding hydrogens is 304 g/mol. The van der Waals surface area contributed by atoms with E-state index in [4.69, 9.17) is 4.74 Å². The molecule has 0 saturated carbocycles. The molecule has 3 N–H and O–H groups in total. The highest BCUT2D eigenvalue weighted by Gasteiger charge is 2.15.